The molecule has 0 spiro atoms. The fourth-order valence-corrected chi connectivity index (χ4v) is 4.67. The van der Waals surface area contributed by atoms with Crippen LogP contribution in [0.4, 0.5) is 14.6 Å². The van der Waals surface area contributed by atoms with Gasteiger partial charge in [-0.25, -0.2) is 23.7 Å². The van der Waals surface area contributed by atoms with E-state index in [0.29, 0.717) is 34.1 Å². The van der Waals surface area contributed by atoms with E-state index in [4.69, 9.17) is 0 Å². The molecule has 0 aliphatic carbocycles. The number of hydrogen-bond acceptors (Lipinski definition) is 6. The normalized spacial score (nSPS) is 16.5. The number of aromatic nitrogens is 6. The SMILES string of the molecule is Cc1nn(-c2ncnc3nc[nH]c23)c2c1[C@H](c1c(F)cccc1F)SCC(=O)N2. The van der Waals surface area contributed by atoms with Gasteiger partial charge in [0.1, 0.15) is 29.3 Å². The standard InChI is InChI=1S/C18H13F2N7OS/c1-8-12-15(13-9(19)3-2-4-10(13)20)29-5-11(28)25-17(12)27(26-8)18-14-16(22-6-21-14)23-7-24-18/h2-4,6-7,15H,5H2,1H3,(H,25,28)(H,21,22,23,24)/t15-/m1/s1. The first-order valence-electron chi connectivity index (χ1n) is 8.64. The maximum Gasteiger partial charge on any atom is 0.235 e. The van der Waals surface area contributed by atoms with Crippen LogP contribution in [-0.4, -0.2) is 41.4 Å². The van der Waals surface area contributed by atoms with Crippen molar-refractivity contribution < 1.29 is 13.6 Å². The van der Waals surface area contributed by atoms with Crippen LogP contribution in [0.5, 0.6) is 0 Å². The highest BCUT2D eigenvalue weighted by Gasteiger charge is 2.34. The molecule has 2 N–H and O–H groups in total. The van der Waals surface area contributed by atoms with E-state index in [-0.39, 0.29) is 17.2 Å². The molecule has 1 aliphatic heterocycles. The van der Waals surface area contributed by atoms with Gasteiger partial charge in [-0.2, -0.15) is 9.78 Å². The van der Waals surface area contributed by atoms with Crippen LogP contribution in [0.15, 0.2) is 30.9 Å². The monoisotopic (exact) mass is 413 g/mol. The molecule has 0 bridgehead atoms. The first-order valence-corrected chi connectivity index (χ1v) is 9.69. The zero-order chi connectivity index (χ0) is 20.1. The number of halogens is 2. The Morgan fingerprint density at radius 1 is 1.17 bits per heavy atom. The van der Waals surface area contributed by atoms with Crippen molar-refractivity contribution in [3.8, 4) is 5.82 Å². The van der Waals surface area contributed by atoms with Crippen molar-refractivity contribution in [3.63, 3.8) is 0 Å². The van der Waals surface area contributed by atoms with Gasteiger partial charge < -0.3 is 10.3 Å². The van der Waals surface area contributed by atoms with E-state index in [1.54, 1.807) is 6.92 Å². The summed E-state index contributed by atoms with van der Waals surface area (Å²) in [6, 6.07) is 3.72. The molecule has 4 aromatic rings. The topological polar surface area (TPSA) is 101 Å². The van der Waals surface area contributed by atoms with Crippen LogP contribution in [0.1, 0.15) is 22.1 Å². The lowest BCUT2D eigenvalue weighted by molar-refractivity contribution is -0.113. The minimum absolute atomic E-state index is 0.0375. The second kappa shape index (κ2) is 6.62. The number of imidazole rings is 1. The summed E-state index contributed by atoms with van der Waals surface area (Å²) < 4.78 is 30.6. The predicted octanol–water partition coefficient (Wildman–Crippen LogP) is 2.90. The van der Waals surface area contributed by atoms with Crippen molar-refractivity contribution in [1.82, 2.24) is 29.7 Å². The van der Waals surface area contributed by atoms with E-state index in [0.717, 1.165) is 11.8 Å². The van der Waals surface area contributed by atoms with Gasteiger partial charge in [-0.3, -0.25) is 4.79 Å². The number of benzene rings is 1. The molecule has 0 radical (unpaired) electrons. The van der Waals surface area contributed by atoms with Gasteiger partial charge in [0.25, 0.3) is 0 Å². The van der Waals surface area contributed by atoms with Crippen LogP contribution in [-0.2, 0) is 4.79 Å². The second-order valence-electron chi connectivity index (χ2n) is 6.43. The number of thioether (sulfide) groups is 1. The molecule has 5 rings (SSSR count). The van der Waals surface area contributed by atoms with E-state index in [2.05, 4.69) is 30.4 Å². The van der Waals surface area contributed by atoms with Gasteiger partial charge in [-0.15, -0.1) is 11.8 Å². The molecule has 29 heavy (non-hydrogen) atoms. The van der Waals surface area contributed by atoms with Gasteiger partial charge in [-0.1, -0.05) is 6.07 Å². The van der Waals surface area contributed by atoms with Gasteiger partial charge in [-0.05, 0) is 19.1 Å². The number of aryl methyl sites for hydroxylation is 1. The number of nitrogens with one attached hydrogen (secondary N) is 2. The summed E-state index contributed by atoms with van der Waals surface area (Å²) in [6.45, 7) is 1.73. The van der Waals surface area contributed by atoms with Crippen molar-refractivity contribution >= 4 is 34.7 Å². The summed E-state index contributed by atoms with van der Waals surface area (Å²) in [5, 5.41) is 6.56. The Labute approximate surface area is 166 Å². The maximum absolute atomic E-state index is 14.6. The Hall–Kier alpha value is -3.34. The third-order valence-electron chi connectivity index (χ3n) is 4.67. The Balaban J connectivity index is 1.77. The lowest BCUT2D eigenvalue weighted by Crippen LogP contribution is -2.16. The molecule has 0 unspecified atom stereocenters. The van der Waals surface area contributed by atoms with Crippen LogP contribution >= 0.6 is 11.8 Å². The van der Waals surface area contributed by atoms with E-state index >= 15 is 0 Å². The van der Waals surface area contributed by atoms with Gasteiger partial charge in [0.05, 0.1) is 23.0 Å². The number of carbonyl (C=O) groups excluding carboxylic acids is 1. The van der Waals surface area contributed by atoms with E-state index in [1.807, 2.05) is 0 Å². The van der Waals surface area contributed by atoms with Crippen LogP contribution in [0.2, 0.25) is 0 Å². The van der Waals surface area contributed by atoms with E-state index in [9.17, 15) is 13.6 Å². The number of nitrogens with zero attached hydrogens (tertiary/aromatic N) is 5. The molecular weight excluding hydrogens is 400 g/mol. The second-order valence-corrected chi connectivity index (χ2v) is 7.53. The molecule has 11 heteroatoms. The minimum atomic E-state index is -0.752. The smallest absolute Gasteiger partial charge is 0.235 e. The predicted molar refractivity (Wildman–Crippen MR) is 103 cm³/mol. The number of rotatable bonds is 2. The third-order valence-corrected chi connectivity index (χ3v) is 5.91. The van der Waals surface area contributed by atoms with Crippen molar-refractivity contribution in [2.75, 3.05) is 11.1 Å². The molecule has 0 saturated heterocycles. The van der Waals surface area contributed by atoms with E-state index < -0.39 is 16.9 Å². The Kier molecular flexibility index (Phi) is 4.05. The van der Waals surface area contributed by atoms with Gasteiger partial charge in [0, 0.05) is 11.1 Å². The lowest BCUT2D eigenvalue weighted by Gasteiger charge is -2.16. The number of carbonyl (C=O) groups is 1. The molecular formula is C18H13F2N7OS. The van der Waals surface area contributed by atoms with Crippen LogP contribution in [0.25, 0.3) is 17.0 Å². The van der Waals surface area contributed by atoms with Crippen LogP contribution < -0.4 is 5.32 Å². The zero-order valence-electron chi connectivity index (χ0n) is 15.0. The number of H-pyrrole nitrogens is 1. The Morgan fingerprint density at radius 3 is 2.76 bits per heavy atom. The number of anilines is 1. The fourth-order valence-electron chi connectivity index (χ4n) is 3.44. The first-order chi connectivity index (χ1) is 14.0. The van der Waals surface area contributed by atoms with Crippen molar-refractivity contribution in [2.24, 2.45) is 0 Å². The zero-order valence-corrected chi connectivity index (χ0v) is 15.8. The number of fused-ring (bicyclic) bond motifs is 2. The van der Waals surface area contributed by atoms with Gasteiger partial charge in [0.2, 0.25) is 5.91 Å². The van der Waals surface area contributed by atoms with Crippen LogP contribution in [0.3, 0.4) is 0 Å². The van der Waals surface area contributed by atoms with E-state index in [1.165, 1.54) is 35.5 Å². The average molecular weight is 413 g/mol. The highest BCUT2D eigenvalue weighted by atomic mass is 32.2. The van der Waals surface area contributed by atoms with Crippen molar-refractivity contribution in [1.29, 1.82) is 0 Å². The summed E-state index contributed by atoms with van der Waals surface area (Å²) in [7, 11) is 0. The summed E-state index contributed by atoms with van der Waals surface area (Å²) >= 11 is 1.15. The summed E-state index contributed by atoms with van der Waals surface area (Å²) in [5.74, 6) is -0.917. The quantitative estimate of drug-likeness (QED) is 0.524. The summed E-state index contributed by atoms with van der Waals surface area (Å²) in [4.78, 5) is 27.8. The van der Waals surface area contributed by atoms with Gasteiger partial charge in [0.15, 0.2) is 11.5 Å². The van der Waals surface area contributed by atoms with Gasteiger partial charge >= 0.3 is 0 Å². The molecule has 3 aromatic heterocycles. The molecule has 1 atom stereocenters. The number of hydrogen-bond donors (Lipinski definition) is 2. The number of aromatic amines is 1. The molecule has 0 saturated carbocycles. The highest BCUT2D eigenvalue weighted by Crippen LogP contribution is 2.45. The fraction of sp³-hybridized carbons (Fsp3) is 0.167. The highest BCUT2D eigenvalue weighted by molar-refractivity contribution is 8.00. The van der Waals surface area contributed by atoms with Crippen molar-refractivity contribution in [3.05, 3.63) is 59.3 Å². The Morgan fingerprint density at radius 2 is 1.97 bits per heavy atom. The van der Waals surface area contributed by atoms with Crippen molar-refractivity contribution in [2.45, 2.75) is 12.2 Å². The largest absolute Gasteiger partial charge is 0.340 e. The summed E-state index contributed by atoms with van der Waals surface area (Å²) in [5.41, 5.74) is 1.90. The molecule has 4 heterocycles. The minimum Gasteiger partial charge on any atom is -0.340 e. The lowest BCUT2D eigenvalue weighted by atomic mass is 10.0. The third kappa shape index (κ3) is 2.77. The van der Waals surface area contributed by atoms with Crippen LogP contribution in [0, 0.1) is 18.6 Å². The summed E-state index contributed by atoms with van der Waals surface area (Å²) in [6.07, 6.45) is 2.81. The molecule has 1 amide bonds. The average Bonchev–Trinajstić information content (AvgIpc) is 3.24. The molecule has 1 aromatic carbocycles. The number of amides is 1. The first kappa shape index (κ1) is 17.7. The molecule has 8 nitrogen and oxygen atoms in total. The Bertz CT molecular complexity index is 1250. The maximum atomic E-state index is 14.6. The molecule has 1 aliphatic rings. The molecule has 146 valence electrons. The molecule has 0 fully saturated rings.